The van der Waals surface area contributed by atoms with Crippen LogP contribution >= 0.6 is 0 Å². The zero-order valence-corrected chi connectivity index (χ0v) is 12.9. The maximum absolute atomic E-state index is 12.7. The number of rotatable bonds is 2. The summed E-state index contributed by atoms with van der Waals surface area (Å²) in [6, 6.07) is 8.50. The SMILES string of the molecule is Cn1cc(C2CN(C(=O)C3CCC3)Cc3ccccc32)cn1. The van der Waals surface area contributed by atoms with Crippen LogP contribution in [0.25, 0.3) is 0 Å². The van der Waals surface area contributed by atoms with Crippen LogP contribution in [0, 0.1) is 5.92 Å². The van der Waals surface area contributed by atoms with E-state index in [4.69, 9.17) is 0 Å². The van der Waals surface area contributed by atoms with Crippen LogP contribution in [0.4, 0.5) is 0 Å². The first kappa shape index (κ1) is 13.6. The van der Waals surface area contributed by atoms with Gasteiger partial charge in [0, 0.05) is 38.2 Å². The van der Waals surface area contributed by atoms with Gasteiger partial charge in [-0.3, -0.25) is 9.48 Å². The Morgan fingerprint density at radius 2 is 2.09 bits per heavy atom. The molecule has 0 radical (unpaired) electrons. The van der Waals surface area contributed by atoms with Crippen molar-refractivity contribution in [3.05, 3.63) is 53.3 Å². The Kier molecular flexibility index (Phi) is 3.25. The van der Waals surface area contributed by atoms with Crippen LogP contribution in [-0.2, 0) is 18.4 Å². The molecule has 1 atom stereocenters. The summed E-state index contributed by atoms with van der Waals surface area (Å²) >= 11 is 0. The van der Waals surface area contributed by atoms with Crippen LogP contribution in [0.5, 0.6) is 0 Å². The van der Waals surface area contributed by atoms with E-state index in [-0.39, 0.29) is 11.8 Å². The van der Waals surface area contributed by atoms with Gasteiger partial charge in [0.25, 0.3) is 0 Å². The predicted octanol–water partition coefficient (Wildman–Crippen LogP) is 2.69. The van der Waals surface area contributed by atoms with Crippen molar-refractivity contribution in [1.82, 2.24) is 14.7 Å². The molecular formula is C18H21N3O. The Balaban J connectivity index is 1.68. The molecule has 0 bridgehead atoms. The summed E-state index contributed by atoms with van der Waals surface area (Å²) in [6.45, 7) is 1.53. The van der Waals surface area contributed by atoms with Crippen molar-refractivity contribution in [2.24, 2.45) is 13.0 Å². The number of hydrogen-bond donors (Lipinski definition) is 0. The number of carbonyl (C=O) groups excluding carboxylic acids is 1. The topological polar surface area (TPSA) is 38.1 Å². The van der Waals surface area contributed by atoms with Gasteiger partial charge < -0.3 is 4.90 Å². The molecule has 1 unspecified atom stereocenters. The summed E-state index contributed by atoms with van der Waals surface area (Å²) in [7, 11) is 1.94. The van der Waals surface area contributed by atoms with Gasteiger partial charge in [0.15, 0.2) is 0 Å². The fraction of sp³-hybridized carbons (Fsp3) is 0.444. The van der Waals surface area contributed by atoms with Crippen molar-refractivity contribution in [3.63, 3.8) is 0 Å². The largest absolute Gasteiger partial charge is 0.337 e. The quantitative estimate of drug-likeness (QED) is 0.854. The fourth-order valence-corrected chi connectivity index (χ4v) is 3.59. The summed E-state index contributed by atoms with van der Waals surface area (Å²) < 4.78 is 1.84. The molecule has 1 saturated carbocycles. The van der Waals surface area contributed by atoms with Crippen LogP contribution in [-0.4, -0.2) is 27.1 Å². The maximum atomic E-state index is 12.7. The zero-order chi connectivity index (χ0) is 15.1. The molecule has 1 aromatic carbocycles. The second-order valence-corrected chi connectivity index (χ2v) is 6.55. The molecule has 0 spiro atoms. The average Bonchev–Trinajstić information content (AvgIpc) is 2.90. The van der Waals surface area contributed by atoms with Crippen LogP contribution in [0.2, 0.25) is 0 Å². The highest BCUT2D eigenvalue weighted by molar-refractivity contribution is 5.80. The highest BCUT2D eigenvalue weighted by Crippen LogP contribution is 2.36. The molecular weight excluding hydrogens is 274 g/mol. The number of hydrogen-bond acceptors (Lipinski definition) is 2. The maximum Gasteiger partial charge on any atom is 0.226 e. The summed E-state index contributed by atoms with van der Waals surface area (Å²) in [4.78, 5) is 14.7. The van der Waals surface area contributed by atoms with E-state index in [1.165, 1.54) is 23.1 Å². The predicted molar refractivity (Wildman–Crippen MR) is 84.3 cm³/mol. The monoisotopic (exact) mass is 295 g/mol. The summed E-state index contributed by atoms with van der Waals surface area (Å²) in [5.74, 6) is 0.845. The molecule has 2 heterocycles. The van der Waals surface area contributed by atoms with Gasteiger partial charge in [-0.15, -0.1) is 0 Å². The molecule has 0 N–H and O–H groups in total. The van der Waals surface area contributed by atoms with E-state index >= 15 is 0 Å². The van der Waals surface area contributed by atoms with Gasteiger partial charge in [0.1, 0.15) is 0 Å². The first-order chi connectivity index (χ1) is 10.7. The van der Waals surface area contributed by atoms with Crippen molar-refractivity contribution >= 4 is 5.91 Å². The van der Waals surface area contributed by atoms with Crippen molar-refractivity contribution in [2.75, 3.05) is 6.54 Å². The molecule has 1 amide bonds. The lowest BCUT2D eigenvalue weighted by Crippen LogP contribution is -2.43. The molecule has 4 nitrogen and oxygen atoms in total. The Morgan fingerprint density at radius 3 is 2.77 bits per heavy atom. The lowest BCUT2D eigenvalue weighted by atomic mass is 9.81. The van der Waals surface area contributed by atoms with E-state index in [0.29, 0.717) is 5.91 Å². The normalized spacial score (nSPS) is 21.3. The van der Waals surface area contributed by atoms with E-state index in [1.807, 2.05) is 17.9 Å². The number of nitrogens with zero attached hydrogens (tertiary/aromatic N) is 3. The molecule has 1 aliphatic heterocycles. The standard InChI is InChI=1S/C18H21N3O/c1-20-10-15(9-19-20)17-12-21(18(22)13-6-4-7-13)11-14-5-2-3-8-16(14)17/h2-3,5,8-10,13,17H,4,6-7,11-12H2,1H3. The minimum absolute atomic E-state index is 0.239. The molecule has 22 heavy (non-hydrogen) atoms. The Hall–Kier alpha value is -2.10. The average molecular weight is 295 g/mol. The van der Waals surface area contributed by atoms with Gasteiger partial charge >= 0.3 is 0 Å². The molecule has 1 fully saturated rings. The second-order valence-electron chi connectivity index (χ2n) is 6.55. The number of aromatic nitrogens is 2. The van der Waals surface area contributed by atoms with Gasteiger partial charge in [0.2, 0.25) is 5.91 Å². The summed E-state index contributed by atoms with van der Waals surface area (Å²) in [6.07, 6.45) is 7.33. The molecule has 2 aliphatic rings. The first-order valence-electron chi connectivity index (χ1n) is 8.07. The second kappa shape index (κ2) is 5.27. The minimum Gasteiger partial charge on any atom is -0.337 e. The Morgan fingerprint density at radius 1 is 1.27 bits per heavy atom. The Bertz CT molecular complexity index is 702. The molecule has 0 saturated heterocycles. The van der Waals surface area contributed by atoms with Crippen molar-refractivity contribution in [2.45, 2.75) is 31.7 Å². The van der Waals surface area contributed by atoms with Gasteiger partial charge in [0.05, 0.1) is 6.20 Å². The number of aryl methyl sites for hydroxylation is 1. The van der Waals surface area contributed by atoms with Gasteiger partial charge in [-0.05, 0) is 29.5 Å². The van der Waals surface area contributed by atoms with E-state index in [9.17, 15) is 4.79 Å². The fourth-order valence-electron chi connectivity index (χ4n) is 3.59. The van der Waals surface area contributed by atoms with Crippen LogP contribution < -0.4 is 0 Å². The third kappa shape index (κ3) is 2.23. The lowest BCUT2D eigenvalue weighted by Gasteiger charge is -2.38. The molecule has 2 aromatic rings. The van der Waals surface area contributed by atoms with Gasteiger partial charge in [-0.2, -0.15) is 5.10 Å². The molecule has 114 valence electrons. The van der Waals surface area contributed by atoms with E-state index in [2.05, 4.69) is 40.5 Å². The third-order valence-corrected chi connectivity index (χ3v) is 5.09. The van der Waals surface area contributed by atoms with E-state index < -0.39 is 0 Å². The summed E-state index contributed by atoms with van der Waals surface area (Å²) in [5, 5.41) is 4.31. The number of carbonyl (C=O) groups is 1. The van der Waals surface area contributed by atoms with Crippen molar-refractivity contribution in [3.8, 4) is 0 Å². The smallest absolute Gasteiger partial charge is 0.226 e. The lowest BCUT2D eigenvalue weighted by molar-refractivity contribution is -0.139. The number of fused-ring (bicyclic) bond motifs is 1. The van der Waals surface area contributed by atoms with E-state index in [1.54, 1.807) is 0 Å². The van der Waals surface area contributed by atoms with E-state index in [0.717, 1.165) is 25.9 Å². The molecule has 4 rings (SSSR count). The first-order valence-corrected chi connectivity index (χ1v) is 8.07. The van der Waals surface area contributed by atoms with Gasteiger partial charge in [-0.1, -0.05) is 30.7 Å². The molecule has 1 aromatic heterocycles. The minimum atomic E-state index is 0.239. The third-order valence-electron chi connectivity index (χ3n) is 5.09. The van der Waals surface area contributed by atoms with Gasteiger partial charge in [-0.25, -0.2) is 0 Å². The van der Waals surface area contributed by atoms with Crippen LogP contribution in [0.1, 0.15) is 41.9 Å². The highest BCUT2D eigenvalue weighted by atomic mass is 16.2. The van der Waals surface area contributed by atoms with Crippen LogP contribution in [0.15, 0.2) is 36.7 Å². The summed E-state index contributed by atoms with van der Waals surface area (Å²) in [5.41, 5.74) is 3.81. The zero-order valence-electron chi connectivity index (χ0n) is 12.9. The number of benzene rings is 1. The molecule has 4 heteroatoms. The Labute approximate surface area is 130 Å². The number of amides is 1. The van der Waals surface area contributed by atoms with Crippen LogP contribution in [0.3, 0.4) is 0 Å². The highest BCUT2D eigenvalue weighted by Gasteiger charge is 2.34. The van der Waals surface area contributed by atoms with Crippen molar-refractivity contribution < 1.29 is 4.79 Å². The van der Waals surface area contributed by atoms with Crippen molar-refractivity contribution in [1.29, 1.82) is 0 Å². The molecule has 1 aliphatic carbocycles.